The summed E-state index contributed by atoms with van der Waals surface area (Å²) in [6, 6.07) is 5.24. The van der Waals surface area contributed by atoms with Crippen molar-refractivity contribution in [2.75, 3.05) is 13.7 Å². The molecule has 6 heteroatoms. The number of nitrogens with one attached hydrogen (secondary N) is 1. The van der Waals surface area contributed by atoms with Crippen molar-refractivity contribution in [2.45, 2.75) is 38.5 Å². The molecule has 1 aliphatic rings. The fourth-order valence-corrected chi connectivity index (χ4v) is 1.96. The van der Waals surface area contributed by atoms with E-state index in [0.29, 0.717) is 24.9 Å². The van der Waals surface area contributed by atoms with Gasteiger partial charge in [-0.2, -0.15) is 0 Å². The standard InChI is InChI=1S/C14H20N2O4/c1-10(9-19-2)20-14-6-5-13(16(17)18)7-11(14)8-15-12-3-4-12/h5-7,10,12,15H,3-4,8-9H2,1-2H3. The van der Waals surface area contributed by atoms with Gasteiger partial charge in [-0.05, 0) is 25.8 Å². The third-order valence-corrected chi connectivity index (χ3v) is 3.14. The minimum atomic E-state index is -0.386. The normalized spacial score (nSPS) is 15.9. The maximum absolute atomic E-state index is 10.9. The van der Waals surface area contributed by atoms with E-state index in [9.17, 15) is 10.1 Å². The molecule has 0 radical (unpaired) electrons. The van der Waals surface area contributed by atoms with Gasteiger partial charge in [0.1, 0.15) is 11.9 Å². The van der Waals surface area contributed by atoms with Gasteiger partial charge in [-0.3, -0.25) is 10.1 Å². The predicted molar refractivity (Wildman–Crippen MR) is 74.9 cm³/mol. The Balaban J connectivity index is 2.11. The fraction of sp³-hybridized carbons (Fsp3) is 0.571. The Labute approximate surface area is 118 Å². The van der Waals surface area contributed by atoms with E-state index in [1.54, 1.807) is 19.2 Å². The Morgan fingerprint density at radius 2 is 2.25 bits per heavy atom. The van der Waals surface area contributed by atoms with Gasteiger partial charge in [0.05, 0.1) is 11.5 Å². The molecule has 1 aromatic carbocycles. The zero-order valence-corrected chi connectivity index (χ0v) is 11.8. The van der Waals surface area contributed by atoms with Gasteiger partial charge in [0.2, 0.25) is 0 Å². The second-order valence-corrected chi connectivity index (χ2v) is 5.09. The van der Waals surface area contributed by atoms with Crippen LogP contribution < -0.4 is 10.1 Å². The first-order chi connectivity index (χ1) is 9.60. The van der Waals surface area contributed by atoms with Gasteiger partial charge in [-0.15, -0.1) is 0 Å². The van der Waals surface area contributed by atoms with Crippen molar-refractivity contribution in [3.05, 3.63) is 33.9 Å². The molecule has 1 aliphatic carbocycles. The molecule has 110 valence electrons. The molecular weight excluding hydrogens is 260 g/mol. The molecule has 1 N–H and O–H groups in total. The number of methoxy groups -OCH3 is 1. The van der Waals surface area contributed by atoms with Crippen molar-refractivity contribution < 1.29 is 14.4 Å². The van der Waals surface area contributed by atoms with Crippen LogP contribution in [-0.2, 0) is 11.3 Å². The number of nitro groups is 1. The summed E-state index contributed by atoms with van der Waals surface area (Å²) in [7, 11) is 1.62. The lowest BCUT2D eigenvalue weighted by Gasteiger charge is -2.17. The van der Waals surface area contributed by atoms with Gasteiger partial charge in [0, 0.05) is 37.4 Å². The number of hydrogen-bond donors (Lipinski definition) is 1. The maximum atomic E-state index is 10.9. The molecule has 1 atom stereocenters. The van der Waals surface area contributed by atoms with E-state index < -0.39 is 0 Å². The molecule has 1 saturated carbocycles. The molecule has 0 spiro atoms. The number of hydrogen-bond acceptors (Lipinski definition) is 5. The van der Waals surface area contributed by atoms with Crippen LogP contribution in [0.2, 0.25) is 0 Å². The smallest absolute Gasteiger partial charge is 0.270 e. The van der Waals surface area contributed by atoms with Gasteiger partial charge in [-0.1, -0.05) is 0 Å². The molecule has 2 rings (SSSR count). The van der Waals surface area contributed by atoms with Crippen LogP contribution in [0, 0.1) is 10.1 Å². The topological polar surface area (TPSA) is 73.6 Å². The SMILES string of the molecule is COCC(C)Oc1ccc([N+](=O)[O-])cc1CNC1CC1. The first kappa shape index (κ1) is 14.7. The highest BCUT2D eigenvalue weighted by molar-refractivity contribution is 5.44. The summed E-state index contributed by atoms with van der Waals surface area (Å²) in [5.74, 6) is 0.674. The summed E-state index contributed by atoms with van der Waals surface area (Å²) in [5, 5.41) is 14.2. The van der Waals surface area contributed by atoms with Gasteiger partial charge in [0.25, 0.3) is 5.69 Å². The zero-order valence-electron chi connectivity index (χ0n) is 11.8. The van der Waals surface area contributed by atoms with Crippen LogP contribution in [0.1, 0.15) is 25.3 Å². The molecule has 0 aromatic heterocycles. The van der Waals surface area contributed by atoms with Gasteiger partial charge in [-0.25, -0.2) is 0 Å². The first-order valence-corrected chi connectivity index (χ1v) is 6.76. The Hall–Kier alpha value is -1.66. The van der Waals surface area contributed by atoms with E-state index in [0.717, 1.165) is 5.56 Å². The highest BCUT2D eigenvalue weighted by atomic mass is 16.6. The second kappa shape index (κ2) is 6.67. The molecule has 0 bridgehead atoms. The molecule has 20 heavy (non-hydrogen) atoms. The van der Waals surface area contributed by atoms with E-state index >= 15 is 0 Å². The van der Waals surface area contributed by atoms with Crippen molar-refractivity contribution in [3.8, 4) is 5.75 Å². The summed E-state index contributed by atoms with van der Waals surface area (Å²) in [5.41, 5.74) is 0.901. The van der Waals surface area contributed by atoms with Crippen LogP contribution in [0.15, 0.2) is 18.2 Å². The van der Waals surface area contributed by atoms with Crippen LogP contribution in [0.25, 0.3) is 0 Å². The molecule has 6 nitrogen and oxygen atoms in total. The van der Waals surface area contributed by atoms with Crippen molar-refractivity contribution in [2.24, 2.45) is 0 Å². The largest absolute Gasteiger partial charge is 0.488 e. The average Bonchev–Trinajstić information content (AvgIpc) is 3.21. The molecule has 0 heterocycles. The lowest BCUT2D eigenvalue weighted by molar-refractivity contribution is -0.384. The maximum Gasteiger partial charge on any atom is 0.270 e. The zero-order chi connectivity index (χ0) is 14.5. The number of ether oxygens (including phenoxy) is 2. The first-order valence-electron chi connectivity index (χ1n) is 6.76. The number of rotatable bonds is 8. The summed E-state index contributed by atoms with van der Waals surface area (Å²) < 4.78 is 10.8. The van der Waals surface area contributed by atoms with E-state index in [1.165, 1.54) is 18.9 Å². The number of nitro benzene ring substituents is 1. The molecule has 1 fully saturated rings. The van der Waals surface area contributed by atoms with Crippen LogP contribution in [0.3, 0.4) is 0 Å². The summed E-state index contributed by atoms with van der Waals surface area (Å²) in [4.78, 5) is 10.5. The Bertz CT molecular complexity index is 474. The van der Waals surface area contributed by atoms with E-state index in [-0.39, 0.29) is 16.7 Å². The third-order valence-electron chi connectivity index (χ3n) is 3.14. The molecule has 1 unspecified atom stereocenters. The van der Waals surface area contributed by atoms with E-state index in [2.05, 4.69) is 5.32 Å². The summed E-state index contributed by atoms with van der Waals surface area (Å²) >= 11 is 0. The molecule has 0 amide bonds. The molecule has 0 aliphatic heterocycles. The van der Waals surface area contributed by atoms with Gasteiger partial charge in [0.15, 0.2) is 0 Å². The average molecular weight is 280 g/mol. The number of non-ortho nitro benzene ring substituents is 1. The minimum absolute atomic E-state index is 0.0874. The monoisotopic (exact) mass is 280 g/mol. The second-order valence-electron chi connectivity index (χ2n) is 5.09. The van der Waals surface area contributed by atoms with Crippen LogP contribution in [0.4, 0.5) is 5.69 Å². The minimum Gasteiger partial charge on any atom is -0.488 e. The van der Waals surface area contributed by atoms with Crippen molar-refractivity contribution in [3.63, 3.8) is 0 Å². The number of nitrogens with zero attached hydrogens (tertiary/aromatic N) is 1. The third kappa shape index (κ3) is 4.18. The van der Waals surface area contributed by atoms with E-state index in [1.807, 2.05) is 6.92 Å². The lowest BCUT2D eigenvalue weighted by Crippen LogP contribution is -2.21. The van der Waals surface area contributed by atoms with Gasteiger partial charge < -0.3 is 14.8 Å². The van der Waals surface area contributed by atoms with Crippen molar-refractivity contribution in [1.29, 1.82) is 0 Å². The molecule has 0 saturated heterocycles. The van der Waals surface area contributed by atoms with Gasteiger partial charge >= 0.3 is 0 Å². The van der Waals surface area contributed by atoms with Crippen molar-refractivity contribution in [1.82, 2.24) is 5.32 Å². The fourth-order valence-electron chi connectivity index (χ4n) is 1.96. The molecular formula is C14H20N2O4. The number of benzene rings is 1. The predicted octanol–water partition coefficient (Wildman–Crippen LogP) is 2.26. The lowest BCUT2D eigenvalue weighted by atomic mass is 10.1. The summed E-state index contributed by atoms with van der Waals surface area (Å²) in [6.07, 6.45) is 2.25. The van der Waals surface area contributed by atoms with Crippen LogP contribution in [0.5, 0.6) is 5.75 Å². The van der Waals surface area contributed by atoms with Crippen LogP contribution in [-0.4, -0.2) is 30.8 Å². The van der Waals surface area contributed by atoms with E-state index in [4.69, 9.17) is 9.47 Å². The Morgan fingerprint density at radius 1 is 1.50 bits per heavy atom. The highest BCUT2D eigenvalue weighted by Crippen LogP contribution is 2.27. The molecule has 1 aromatic rings. The van der Waals surface area contributed by atoms with Crippen molar-refractivity contribution >= 4 is 5.69 Å². The summed E-state index contributed by atoms with van der Waals surface area (Å²) in [6.45, 7) is 2.97. The van der Waals surface area contributed by atoms with Crippen LogP contribution >= 0.6 is 0 Å². The Morgan fingerprint density at radius 3 is 2.85 bits per heavy atom. The Kier molecular flexibility index (Phi) is 4.92. The quantitative estimate of drug-likeness (QED) is 0.584. The highest BCUT2D eigenvalue weighted by Gasteiger charge is 2.21.